The van der Waals surface area contributed by atoms with Crippen LogP contribution >= 0.6 is 11.6 Å². The minimum atomic E-state index is -0.306. The normalized spacial score (nSPS) is 11.8. The molecule has 0 aliphatic carbocycles. The van der Waals surface area contributed by atoms with Crippen molar-refractivity contribution in [2.24, 2.45) is 5.73 Å². The summed E-state index contributed by atoms with van der Waals surface area (Å²) in [5.74, 6) is 0. The summed E-state index contributed by atoms with van der Waals surface area (Å²) in [6, 6.07) is 12.5. The molecule has 1 aromatic heterocycles. The molecule has 0 amide bonds. The number of halogens is 1. The van der Waals surface area contributed by atoms with E-state index in [9.17, 15) is 0 Å². The first kappa shape index (κ1) is 11.6. The summed E-state index contributed by atoms with van der Waals surface area (Å²) in [6.07, 6.45) is 1.52. The van der Waals surface area contributed by atoms with Gasteiger partial charge in [-0.2, -0.15) is 5.26 Å². The van der Waals surface area contributed by atoms with Gasteiger partial charge < -0.3 is 5.73 Å². The molecule has 3 nitrogen and oxygen atoms in total. The standard InChI is InChI=1S/C13H10ClN3/c14-11-4-2-10(3-5-11)13(16)12-6-1-9(7-15)8-17-12/h1-6,8,13H,16H2/t13-/m0/s1. The lowest BCUT2D eigenvalue weighted by atomic mass is 10.0. The van der Waals surface area contributed by atoms with Crippen LogP contribution in [0.5, 0.6) is 0 Å². The molecule has 0 fully saturated rings. The Morgan fingerprint density at radius 2 is 1.88 bits per heavy atom. The molecule has 0 unspecified atom stereocenters. The van der Waals surface area contributed by atoms with Crippen molar-refractivity contribution in [2.75, 3.05) is 0 Å². The first-order valence-electron chi connectivity index (χ1n) is 5.08. The Morgan fingerprint density at radius 1 is 1.18 bits per heavy atom. The van der Waals surface area contributed by atoms with Crippen LogP contribution in [-0.4, -0.2) is 4.98 Å². The van der Waals surface area contributed by atoms with Gasteiger partial charge in [0.1, 0.15) is 6.07 Å². The Kier molecular flexibility index (Phi) is 3.38. The van der Waals surface area contributed by atoms with Crippen molar-refractivity contribution in [1.29, 1.82) is 5.26 Å². The fraction of sp³-hybridized carbons (Fsp3) is 0.0769. The summed E-state index contributed by atoms with van der Waals surface area (Å²) < 4.78 is 0. The highest BCUT2D eigenvalue weighted by molar-refractivity contribution is 6.30. The molecule has 1 atom stereocenters. The average molecular weight is 244 g/mol. The number of pyridine rings is 1. The van der Waals surface area contributed by atoms with Gasteiger partial charge in [-0.1, -0.05) is 23.7 Å². The van der Waals surface area contributed by atoms with E-state index in [1.165, 1.54) is 6.20 Å². The van der Waals surface area contributed by atoms with E-state index in [2.05, 4.69) is 4.98 Å². The average Bonchev–Trinajstić information content (AvgIpc) is 2.39. The summed E-state index contributed by atoms with van der Waals surface area (Å²) >= 11 is 5.81. The van der Waals surface area contributed by atoms with Gasteiger partial charge in [0, 0.05) is 11.2 Å². The van der Waals surface area contributed by atoms with Gasteiger partial charge in [0.05, 0.1) is 17.3 Å². The van der Waals surface area contributed by atoms with E-state index >= 15 is 0 Å². The lowest BCUT2D eigenvalue weighted by Crippen LogP contribution is -2.13. The summed E-state index contributed by atoms with van der Waals surface area (Å²) in [7, 11) is 0. The fourth-order valence-electron chi connectivity index (χ4n) is 1.50. The maximum absolute atomic E-state index is 8.68. The van der Waals surface area contributed by atoms with Gasteiger partial charge in [0.25, 0.3) is 0 Å². The number of aromatic nitrogens is 1. The molecule has 0 saturated heterocycles. The molecular formula is C13H10ClN3. The van der Waals surface area contributed by atoms with Crippen LogP contribution in [0.3, 0.4) is 0 Å². The van der Waals surface area contributed by atoms with Crippen LogP contribution in [0.15, 0.2) is 42.6 Å². The number of benzene rings is 1. The van der Waals surface area contributed by atoms with Crippen molar-refractivity contribution < 1.29 is 0 Å². The zero-order valence-electron chi connectivity index (χ0n) is 8.97. The van der Waals surface area contributed by atoms with Crippen molar-refractivity contribution in [1.82, 2.24) is 4.98 Å². The Bertz CT molecular complexity index is 540. The number of rotatable bonds is 2. The van der Waals surface area contributed by atoms with Crippen molar-refractivity contribution in [3.63, 3.8) is 0 Å². The molecule has 0 aliphatic rings. The smallest absolute Gasteiger partial charge is 0.101 e. The van der Waals surface area contributed by atoms with Crippen LogP contribution in [-0.2, 0) is 0 Å². The predicted molar refractivity (Wildman–Crippen MR) is 66.4 cm³/mol. The van der Waals surface area contributed by atoms with E-state index < -0.39 is 0 Å². The maximum Gasteiger partial charge on any atom is 0.101 e. The molecule has 0 bridgehead atoms. The topological polar surface area (TPSA) is 62.7 Å². The lowest BCUT2D eigenvalue weighted by Gasteiger charge is -2.11. The van der Waals surface area contributed by atoms with Gasteiger partial charge in [0.15, 0.2) is 0 Å². The summed E-state index contributed by atoms with van der Waals surface area (Å²) in [5.41, 5.74) is 8.26. The zero-order valence-corrected chi connectivity index (χ0v) is 9.72. The molecule has 2 rings (SSSR count). The molecule has 0 spiro atoms. The van der Waals surface area contributed by atoms with Crippen LogP contribution in [0, 0.1) is 11.3 Å². The van der Waals surface area contributed by atoms with Gasteiger partial charge in [-0.05, 0) is 29.8 Å². The van der Waals surface area contributed by atoms with Crippen LogP contribution < -0.4 is 5.73 Å². The Labute approximate surface area is 104 Å². The molecule has 0 saturated carbocycles. The largest absolute Gasteiger partial charge is 0.319 e. The minimum absolute atomic E-state index is 0.306. The summed E-state index contributed by atoms with van der Waals surface area (Å²) in [4.78, 5) is 4.17. The van der Waals surface area contributed by atoms with E-state index in [0.29, 0.717) is 10.6 Å². The molecule has 2 aromatic rings. The van der Waals surface area contributed by atoms with Gasteiger partial charge in [-0.15, -0.1) is 0 Å². The molecular weight excluding hydrogens is 234 g/mol. The third-order valence-electron chi connectivity index (χ3n) is 2.46. The molecule has 84 valence electrons. The lowest BCUT2D eigenvalue weighted by molar-refractivity contribution is 0.828. The highest BCUT2D eigenvalue weighted by atomic mass is 35.5. The van der Waals surface area contributed by atoms with E-state index in [1.807, 2.05) is 18.2 Å². The van der Waals surface area contributed by atoms with Crippen LogP contribution in [0.1, 0.15) is 22.9 Å². The third kappa shape index (κ3) is 2.62. The van der Waals surface area contributed by atoms with Crippen LogP contribution in [0.25, 0.3) is 0 Å². The second kappa shape index (κ2) is 4.96. The fourth-order valence-corrected chi connectivity index (χ4v) is 1.62. The van der Waals surface area contributed by atoms with Crippen molar-refractivity contribution >= 4 is 11.6 Å². The molecule has 2 N–H and O–H groups in total. The Morgan fingerprint density at radius 3 is 2.41 bits per heavy atom. The van der Waals surface area contributed by atoms with E-state index in [-0.39, 0.29) is 6.04 Å². The monoisotopic (exact) mass is 243 g/mol. The first-order valence-corrected chi connectivity index (χ1v) is 5.45. The molecule has 0 aliphatic heterocycles. The SMILES string of the molecule is N#Cc1ccc([C@@H](N)c2ccc(Cl)cc2)nc1. The second-order valence-corrected chi connectivity index (χ2v) is 4.05. The highest BCUT2D eigenvalue weighted by Crippen LogP contribution is 2.19. The Hall–Kier alpha value is -1.89. The predicted octanol–water partition coefficient (Wildman–Crippen LogP) is 2.65. The summed E-state index contributed by atoms with van der Waals surface area (Å²) in [5, 5.41) is 9.35. The Balaban J connectivity index is 2.27. The van der Waals surface area contributed by atoms with Crippen molar-refractivity contribution in [2.45, 2.75) is 6.04 Å². The van der Waals surface area contributed by atoms with Crippen LogP contribution in [0.4, 0.5) is 0 Å². The van der Waals surface area contributed by atoms with Gasteiger partial charge in [-0.25, -0.2) is 0 Å². The van der Waals surface area contributed by atoms with Crippen molar-refractivity contribution in [3.05, 3.63) is 64.4 Å². The highest BCUT2D eigenvalue weighted by Gasteiger charge is 2.09. The van der Waals surface area contributed by atoms with E-state index in [0.717, 1.165) is 11.3 Å². The zero-order chi connectivity index (χ0) is 12.3. The van der Waals surface area contributed by atoms with E-state index in [4.69, 9.17) is 22.6 Å². The molecule has 1 aromatic carbocycles. The number of nitriles is 1. The van der Waals surface area contributed by atoms with Gasteiger partial charge >= 0.3 is 0 Å². The number of nitrogens with two attached hydrogens (primary N) is 1. The molecule has 1 heterocycles. The van der Waals surface area contributed by atoms with Gasteiger partial charge in [0.2, 0.25) is 0 Å². The molecule has 17 heavy (non-hydrogen) atoms. The first-order chi connectivity index (χ1) is 8.20. The van der Waals surface area contributed by atoms with Crippen LogP contribution in [0.2, 0.25) is 5.02 Å². The number of hydrogen-bond acceptors (Lipinski definition) is 3. The number of nitrogens with zero attached hydrogens (tertiary/aromatic N) is 2. The van der Waals surface area contributed by atoms with E-state index in [1.54, 1.807) is 24.3 Å². The maximum atomic E-state index is 8.68. The minimum Gasteiger partial charge on any atom is -0.319 e. The summed E-state index contributed by atoms with van der Waals surface area (Å²) in [6.45, 7) is 0. The molecule has 0 radical (unpaired) electrons. The van der Waals surface area contributed by atoms with Crippen molar-refractivity contribution in [3.8, 4) is 6.07 Å². The van der Waals surface area contributed by atoms with Gasteiger partial charge in [-0.3, -0.25) is 4.98 Å². The second-order valence-electron chi connectivity index (χ2n) is 3.61. The third-order valence-corrected chi connectivity index (χ3v) is 2.72. The quantitative estimate of drug-likeness (QED) is 0.882. The number of hydrogen-bond donors (Lipinski definition) is 1. The molecule has 4 heteroatoms.